The van der Waals surface area contributed by atoms with E-state index in [0.29, 0.717) is 19.0 Å². The van der Waals surface area contributed by atoms with Crippen molar-refractivity contribution in [3.63, 3.8) is 0 Å². The van der Waals surface area contributed by atoms with Crippen molar-refractivity contribution in [3.05, 3.63) is 29.6 Å². The van der Waals surface area contributed by atoms with Crippen LogP contribution in [-0.4, -0.2) is 42.5 Å². The number of piperidine rings is 1. The number of urea groups is 1. The summed E-state index contributed by atoms with van der Waals surface area (Å²) in [6.07, 6.45) is -1.97. The molecule has 2 aliphatic rings. The summed E-state index contributed by atoms with van der Waals surface area (Å²) in [5.74, 6) is -1.37. The standard InChI is InChI=1S/C19H22F4N4O2/c20-17-8-16(29-19(21,22)23)4-1-13(17)10-26-18(28)27(14-2-3-14)15-7-12(5-6-24)9-25-11-15/h1,4,8,12,14-15,25H,2-3,5,7,9-11H2,(H,26,28)/t12-,15+/m0/s1. The molecule has 1 aliphatic heterocycles. The zero-order chi connectivity index (χ0) is 21.0. The topological polar surface area (TPSA) is 77.4 Å². The monoisotopic (exact) mass is 414 g/mol. The third-order valence-corrected chi connectivity index (χ3v) is 5.05. The van der Waals surface area contributed by atoms with Gasteiger partial charge in [-0.2, -0.15) is 5.26 Å². The molecule has 1 saturated heterocycles. The summed E-state index contributed by atoms with van der Waals surface area (Å²) in [6, 6.07) is 4.70. The van der Waals surface area contributed by atoms with Crippen LogP contribution in [0.1, 0.15) is 31.2 Å². The first kappa shape index (κ1) is 21.2. The predicted molar refractivity (Wildman–Crippen MR) is 95.2 cm³/mol. The van der Waals surface area contributed by atoms with E-state index in [-0.39, 0.29) is 36.1 Å². The van der Waals surface area contributed by atoms with E-state index in [1.165, 1.54) is 0 Å². The summed E-state index contributed by atoms with van der Waals surface area (Å²) in [5, 5.41) is 14.8. The fourth-order valence-corrected chi connectivity index (χ4v) is 3.62. The van der Waals surface area contributed by atoms with Gasteiger partial charge < -0.3 is 20.3 Å². The first-order valence-corrected chi connectivity index (χ1v) is 9.45. The number of hydrogen-bond acceptors (Lipinski definition) is 4. The van der Waals surface area contributed by atoms with Gasteiger partial charge in [-0.05, 0) is 37.8 Å². The molecule has 3 rings (SSSR count). The van der Waals surface area contributed by atoms with E-state index in [0.717, 1.165) is 37.9 Å². The Morgan fingerprint density at radius 1 is 1.31 bits per heavy atom. The Morgan fingerprint density at radius 3 is 2.69 bits per heavy atom. The van der Waals surface area contributed by atoms with Crippen molar-refractivity contribution in [1.82, 2.24) is 15.5 Å². The quantitative estimate of drug-likeness (QED) is 0.701. The van der Waals surface area contributed by atoms with Crippen molar-refractivity contribution < 1.29 is 27.1 Å². The Hall–Kier alpha value is -2.54. The molecule has 2 amide bonds. The van der Waals surface area contributed by atoms with E-state index in [4.69, 9.17) is 5.26 Å². The molecule has 2 N–H and O–H groups in total. The molecule has 0 bridgehead atoms. The summed E-state index contributed by atoms with van der Waals surface area (Å²) < 4.78 is 54.4. The number of hydrogen-bond donors (Lipinski definition) is 2. The van der Waals surface area contributed by atoms with E-state index in [9.17, 15) is 22.4 Å². The number of alkyl halides is 3. The Bertz CT molecular complexity index is 776. The molecule has 0 unspecified atom stereocenters. The molecule has 29 heavy (non-hydrogen) atoms. The number of amides is 2. The summed E-state index contributed by atoms with van der Waals surface area (Å²) >= 11 is 0. The number of benzene rings is 1. The van der Waals surface area contributed by atoms with Crippen LogP contribution >= 0.6 is 0 Å². The number of rotatable bonds is 6. The largest absolute Gasteiger partial charge is 0.573 e. The number of nitriles is 1. The highest BCUT2D eigenvalue weighted by molar-refractivity contribution is 5.75. The van der Waals surface area contributed by atoms with Gasteiger partial charge in [-0.1, -0.05) is 6.07 Å². The van der Waals surface area contributed by atoms with E-state index in [1.54, 1.807) is 4.90 Å². The zero-order valence-corrected chi connectivity index (χ0v) is 15.6. The zero-order valence-electron chi connectivity index (χ0n) is 15.6. The van der Waals surface area contributed by atoms with Gasteiger partial charge in [0.05, 0.1) is 6.07 Å². The highest BCUT2D eigenvalue weighted by Crippen LogP contribution is 2.32. The average Bonchev–Trinajstić information content (AvgIpc) is 3.45. The van der Waals surface area contributed by atoms with Gasteiger partial charge in [0.2, 0.25) is 0 Å². The molecule has 2 atom stereocenters. The van der Waals surface area contributed by atoms with Crippen LogP contribution in [0.25, 0.3) is 0 Å². The number of ether oxygens (including phenoxy) is 1. The normalized spacial score (nSPS) is 21.9. The summed E-state index contributed by atoms with van der Waals surface area (Å²) in [6.45, 7) is 1.22. The van der Waals surface area contributed by atoms with Gasteiger partial charge in [0.1, 0.15) is 11.6 Å². The lowest BCUT2D eigenvalue weighted by Gasteiger charge is -2.37. The molecule has 0 radical (unpaired) electrons. The van der Waals surface area contributed by atoms with Gasteiger partial charge >= 0.3 is 12.4 Å². The summed E-state index contributed by atoms with van der Waals surface area (Å²) in [5.41, 5.74) is 0.0627. The Kier molecular flexibility index (Phi) is 6.47. The number of carbonyl (C=O) groups is 1. The van der Waals surface area contributed by atoms with Crippen molar-refractivity contribution in [1.29, 1.82) is 5.26 Å². The lowest BCUT2D eigenvalue weighted by molar-refractivity contribution is -0.274. The van der Waals surface area contributed by atoms with Gasteiger partial charge in [-0.15, -0.1) is 13.2 Å². The number of nitrogens with zero attached hydrogens (tertiary/aromatic N) is 2. The molecule has 1 saturated carbocycles. The Morgan fingerprint density at radius 2 is 2.07 bits per heavy atom. The summed E-state index contributed by atoms with van der Waals surface area (Å²) in [7, 11) is 0. The maximum absolute atomic E-state index is 14.1. The molecule has 1 aromatic rings. The SMILES string of the molecule is N#CC[C@@H]1CNC[C@H](N(C(=O)NCc2ccc(OC(F)(F)F)cc2F)C2CC2)C1. The third-order valence-electron chi connectivity index (χ3n) is 5.05. The second-order valence-electron chi connectivity index (χ2n) is 7.37. The van der Waals surface area contributed by atoms with Crippen LogP contribution in [0, 0.1) is 23.1 Å². The molecule has 0 aromatic heterocycles. The maximum Gasteiger partial charge on any atom is 0.573 e. The molecule has 0 spiro atoms. The van der Waals surface area contributed by atoms with Gasteiger partial charge in [0.15, 0.2) is 0 Å². The van der Waals surface area contributed by atoms with E-state index in [1.807, 2.05) is 0 Å². The minimum atomic E-state index is -4.90. The smallest absolute Gasteiger partial charge is 0.406 e. The number of halogens is 4. The first-order chi connectivity index (χ1) is 13.8. The van der Waals surface area contributed by atoms with Gasteiger partial charge in [-0.3, -0.25) is 0 Å². The fourth-order valence-electron chi connectivity index (χ4n) is 3.62. The molecule has 1 aromatic carbocycles. The molecule has 6 nitrogen and oxygen atoms in total. The molecular formula is C19H22F4N4O2. The lowest BCUT2D eigenvalue weighted by atomic mass is 9.92. The Labute approximate surface area is 165 Å². The van der Waals surface area contributed by atoms with Crippen LogP contribution in [0.4, 0.5) is 22.4 Å². The first-order valence-electron chi connectivity index (χ1n) is 9.45. The summed E-state index contributed by atoms with van der Waals surface area (Å²) in [4.78, 5) is 14.5. The molecule has 158 valence electrons. The van der Waals surface area contributed by atoms with Crippen molar-refractivity contribution in [2.45, 2.75) is 50.7 Å². The molecule has 2 fully saturated rings. The lowest BCUT2D eigenvalue weighted by Crippen LogP contribution is -2.54. The minimum absolute atomic E-state index is 0.0537. The van der Waals surface area contributed by atoms with E-state index >= 15 is 0 Å². The molecule has 1 aliphatic carbocycles. The van der Waals surface area contributed by atoms with Crippen molar-refractivity contribution in [3.8, 4) is 11.8 Å². The molecular weight excluding hydrogens is 392 g/mol. The van der Waals surface area contributed by atoms with Crippen LogP contribution in [0.15, 0.2) is 18.2 Å². The van der Waals surface area contributed by atoms with Crippen LogP contribution in [0.5, 0.6) is 5.75 Å². The third kappa shape index (κ3) is 5.97. The second-order valence-corrected chi connectivity index (χ2v) is 7.37. The van der Waals surface area contributed by atoms with Gasteiger partial charge in [-0.25, -0.2) is 9.18 Å². The maximum atomic E-state index is 14.1. The second kappa shape index (κ2) is 8.86. The van der Waals surface area contributed by atoms with Crippen LogP contribution in [0.3, 0.4) is 0 Å². The Balaban J connectivity index is 1.60. The van der Waals surface area contributed by atoms with Crippen LogP contribution in [-0.2, 0) is 6.54 Å². The number of carbonyl (C=O) groups excluding carboxylic acids is 1. The van der Waals surface area contributed by atoms with Gasteiger partial charge in [0, 0.05) is 43.2 Å². The number of nitrogens with one attached hydrogen (secondary N) is 2. The van der Waals surface area contributed by atoms with Crippen molar-refractivity contribution in [2.24, 2.45) is 5.92 Å². The highest BCUT2D eigenvalue weighted by Gasteiger charge is 2.39. The predicted octanol–water partition coefficient (Wildman–Crippen LogP) is 3.29. The average molecular weight is 414 g/mol. The fraction of sp³-hybridized carbons (Fsp3) is 0.579. The van der Waals surface area contributed by atoms with Crippen LogP contribution < -0.4 is 15.4 Å². The van der Waals surface area contributed by atoms with Gasteiger partial charge in [0.25, 0.3) is 0 Å². The highest BCUT2D eigenvalue weighted by atomic mass is 19.4. The van der Waals surface area contributed by atoms with Crippen molar-refractivity contribution in [2.75, 3.05) is 13.1 Å². The van der Waals surface area contributed by atoms with E-state index < -0.39 is 17.9 Å². The molecule has 1 heterocycles. The molecule has 10 heteroatoms. The van der Waals surface area contributed by atoms with Crippen molar-refractivity contribution >= 4 is 6.03 Å². The minimum Gasteiger partial charge on any atom is -0.406 e. The van der Waals surface area contributed by atoms with E-state index in [2.05, 4.69) is 21.4 Å². The van der Waals surface area contributed by atoms with Crippen LogP contribution in [0.2, 0.25) is 0 Å².